The summed E-state index contributed by atoms with van der Waals surface area (Å²) in [6.45, 7) is 4.81. The maximum atomic E-state index is 12.2. The standard InChI is InChI=1S/C17H24N2O/c1-14-5-3-6-15(11-14)8-9-17(20)19-10-4-7-16(13-19)12-18-2/h3,5-6,8-9,11,16,18H,4,7,10,12-13H2,1-2H3. The molecule has 0 aliphatic carbocycles. The molecule has 1 amide bonds. The Morgan fingerprint density at radius 3 is 3.10 bits per heavy atom. The number of likely N-dealkylation sites (tertiary alicyclic amines) is 1. The van der Waals surface area contributed by atoms with E-state index >= 15 is 0 Å². The van der Waals surface area contributed by atoms with Crippen LogP contribution in [0.25, 0.3) is 6.08 Å². The minimum atomic E-state index is 0.132. The molecule has 0 saturated carbocycles. The number of hydrogen-bond acceptors (Lipinski definition) is 2. The van der Waals surface area contributed by atoms with Gasteiger partial charge in [0.25, 0.3) is 0 Å². The van der Waals surface area contributed by atoms with Crippen molar-refractivity contribution in [1.82, 2.24) is 10.2 Å². The fraction of sp³-hybridized carbons (Fsp3) is 0.471. The van der Waals surface area contributed by atoms with E-state index in [1.807, 2.05) is 30.2 Å². The van der Waals surface area contributed by atoms with Crippen LogP contribution >= 0.6 is 0 Å². The molecular formula is C17H24N2O. The third-order valence-electron chi connectivity index (χ3n) is 3.78. The summed E-state index contributed by atoms with van der Waals surface area (Å²) in [5, 5.41) is 3.20. The van der Waals surface area contributed by atoms with Crippen LogP contribution in [0.3, 0.4) is 0 Å². The fourth-order valence-corrected chi connectivity index (χ4v) is 2.77. The van der Waals surface area contributed by atoms with Crippen LogP contribution in [0.4, 0.5) is 0 Å². The lowest BCUT2D eigenvalue weighted by Gasteiger charge is -2.32. The summed E-state index contributed by atoms with van der Waals surface area (Å²) in [7, 11) is 1.97. The summed E-state index contributed by atoms with van der Waals surface area (Å²) in [4.78, 5) is 14.2. The molecule has 0 bridgehead atoms. The topological polar surface area (TPSA) is 32.3 Å². The lowest BCUT2D eigenvalue weighted by molar-refractivity contribution is -0.127. The molecule has 1 aliphatic rings. The third-order valence-corrected chi connectivity index (χ3v) is 3.78. The van der Waals surface area contributed by atoms with Crippen LogP contribution in [0.2, 0.25) is 0 Å². The van der Waals surface area contributed by atoms with E-state index in [-0.39, 0.29) is 5.91 Å². The number of carbonyl (C=O) groups is 1. The van der Waals surface area contributed by atoms with Gasteiger partial charge in [-0.05, 0) is 50.9 Å². The van der Waals surface area contributed by atoms with Crippen LogP contribution in [0, 0.1) is 12.8 Å². The summed E-state index contributed by atoms with van der Waals surface area (Å²) in [6.07, 6.45) is 5.94. The predicted octanol–water partition coefficient (Wildman–Crippen LogP) is 2.47. The molecule has 108 valence electrons. The second-order valence-electron chi connectivity index (χ2n) is 5.60. The number of piperidine rings is 1. The molecule has 1 aromatic carbocycles. The maximum Gasteiger partial charge on any atom is 0.246 e. The highest BCUT2D eigenvalue weighted by Crippen LogP contribution is 2.16. The quantitative estimate of drug-likeness (QED) is 0.854. The van der Waals surface area contributed by atoms with Gasteiger partial charge in [-0.15, -0.1) is 0 Å². The Kier molecular flexibility index (Phi) is 5.36. The minimum Gasteiger partial charge on any atom is -0.339 e. The Labute approximate surface area is 121 Å². The summed E-state index contributed by atoms with van der Waals surface area (Å²) in [5.41, 5.74) is 2.30. The van der Waals surface area contributed by atoms with Crippen molar-refractivity contribution < 1.29 is 4.79 Å². The van der Waals surface area contributed by atoms with Gasteiger partial charge >= 0.3 is 0 Å². The van der Waals surface area contributed by atoms with E-state index in [2.05, 4.69) is 24.4 Å². The van der Waals surface area contributed by atoms with Gasteiger partial charge in [-0.2, -0.15) is 0 Å². The van der Waals surface area contributed by atoms with Gasteiger partial charge in [0, 0.05) is 19.2 Å². The molecule has 2 rings (SSSR count). The van der Waals surface area contributed by atoms with Crippen LogP contribution in [0.1, 0.15) is 24.0 Å². The largest absolute Gasteiger partial charge is 0.339 e. The summed E-state index contributed by atoms with van der Waals surface area (Å²) >= 11 is 0. The van der Waals surface area contributed by atoms with E-state index < -0.39 is 0 Å². The molecule has 20 heavy (non-hydrogen) atoms. The van der Waals surface area contributed by atoms with Crippen molar-refractivity contribution in [2.24, 2.45) is 5.92 Å². The summed E-state index contributed by atoms with van der Waals surface area (Å²) in [6, 6.07) is 8.19. The van der Waals surface area contributed by atoms with Gasteiger partial charge in [0.05, 0.1) is 0 Å². The molecule has 0 aromatic heterocycles. The van der Waals surface area contributed by atoms with Crippen molar-refractivity contribution in [2.75, 3.05) is 26.7 Å². The first kappa shape index (κ1) is 14.8. The monoisotopic (exact) mass is 272 g/mol. The van der Waals surface area contributed by atoms with Gasteiger partial charge < -0.3 is 10.2 Å². The number of nitrogens with one attached hydrogen (secondary N) is 1. The smallest absolute Gasteiger partial charge is 0.246 e. The lowest BCUT2D eigenvalue weighted by atomic mass is 9.98. The fourth-order valence-electron chi connectivity index (χ4n) is 2.77. The average molecular weight is 272 g/mol. The number of hydrogen-bond donors (Lipinski definition) is 1. The van der Waals surface area contributed by atoms with Crippen LogP contribution in [-0.2, 0) is 4.79 Å². The number of nitrogens with zero attached hydrogens (tertiary/aromatic N) is 1. The first-order valence-electron chi connectivity index (χ1n) is 7.37. The van der Waals surface area contributed by atoms with Crippen LogP contribution in [0.15, 0.2) is 30.3 Å². The average Bonchev–Trinajstić information content (AvgIpc) is 2.45. The normalized spacial score (nSPS) is 19.5. The van der Waals surface area contributed by atoms with E-state index in [0.717, 1.165) is 31.6 Å². The molecule has 0 spiro atoms. The predicted molar refractivity (Wildman–Crippen MR) is 83.4 cm³/mol. The zero-order valence-corrected chi connectivity index (χ0v) is 12.4. The SMILES string of the molecule is CNCC1CCCN(C(=O)C=Cc2cccc(C)c2)C1. The Morgan fingerprint density at radius 1 is 1.50 bits per heavy atom. The second kappa shape index (κ2) is 7.25. The highest BCUT2D eigenvalue weighted by atomic mass is 16.2. The number of amides is 1. The molecule has 1 N–H and O–H groups in total. The second-order valence-corrected chi connectivity index (χ2v) is 5.60. The molecule has 1 aliphatic heterocycles. The Balaban J connectivity index is 1.94. The van der Waals surface area contributed by atoms with E-state index in [4.69, 9.17) is 0 Å². The van der Waals surface area contributed by atoms with Gasteiger partial charge in [-0.25, -0.2) is 0 Å². The van der Waals surface area contributed by atoms with Crippen LogP contribution in [-0.4, -0.2) is 37.5 Å². The molecule has 1 aromatic rings. The Morgan fingerprint density at radius 2 is 2.35 bits per heavy atom. The van der Waals surface area contributed by atoms with Crippen molar-refractivity contribution in [3.8, 4) is 0 Å². The van der Waals surface area contributed by atoms with Crippen LogP contribution in [0.5, 0.6) is 0 Å². The molecule has 1 fully saturated rings. The van der Waals surface area contributed by atoms with E-state index in [1.54, 1.807) is 6.08 Å². The number of rotatable bonds is 4. The van der Waals surface area contributed by atoms with E-state index in [9.17, 15) is 4.79 Å². The molecule has 0 radical (unpaired) electrons. The molecular weight excluding hydrogens is 248 g/mol. The molecule has 1 unspecified atom stereocenters. The van der Waals surface area contributed by atoms with Crippen molar-refractivity contribution in [3.63, 3.8) is 0 Å². The van der Waals surface area contributed by atoms with Gasteiger partial charge in [-0.1, -0.05) is 29.8 Å². The van der Waals surface area contributed by atoms with Crippen molar-refractivity contribution in [1.29, 1.82) is 0 Å². The van der Waals surface area contributed by atoms with Gasteiger partial charge in [0.15, 0.2) is 0 Å². The molecule has 1 atom stereocenters. The van der Waals surface area contributed by atoms with Crippen molar-refractivity contribution in [3.05, 3.63) is 41.5 Å². The van der Waals surface area contributed by atoms with Crippen molar-refractivity contribution >= 4 is 12.0 Å². The van der Waals surface area contributed by atoms with Crippen LogP contribution < -0.4 is 5.32 Å². The Bertz CT molecular complexity index is 480. The lowest BCUT2D eigenvalue weighted by Crippen LogP contribution is -2.41. The van der Waals surface area contributed by atoms with E-state index in [1.165, 1.54) is 12.0 Å². The molecule has 3 nitrogen and oxygen atoms in total. The zero-order valence-electron chi connectivity index (χ0n) is 12.4. The van der Waals surface area contributed by atoms with Gasteiger partial charge in [0.1, 0.15) is 0 Å². The maximum absolute atomic E-state index is 12.2. The summed E-state index contributed by atoms with van der Waals surface area (Å²) in [5.74, 6) is 0.720. The third kappa shape index (κ3) is 4.20. The first-order chi connectivity index (χ1) is 9.69. The highest BCUT2D eigenvalue weighted by Gasteiger charge is 2.21. The molecule has 1 heterocycles. The molecule has 3 heteroatoms. The number of carbonyl (C=O) groups excluding carboxylic acids is 1. The zero-order chi connectivity index (χ0) is 14.4. The number of benzene rings is 1. The molecule has 1 saturated heterocycles. The number of aryl methyl sites for hydroxylation is 1. The van der Waals surface area contributed by atoms with Gasteiger partial charge in [0.2, 0.25) is 5.91 Å². The van der Waals surface area contributed by atoms with Gasteiger partial charge in [-0.3, -0.25) is 4.79 Å². The van der Waals surface area contributed by atoms with Crippen molar-refractivity contribution in [2.45, 2.75) is 19.8 Å². The highest BCUT2D eigenvalue weighted by molar-refractivity contribution is 5.91. The minimum absolute atomic E-state index is 0.132. The Hall–Kier alpha value is -1.61. The first-order valence-corrected chi connectivity index (χ1v) is 7.37. The van der Waals surface area contributed by atoms with E-state index in [0.29, 0.717) is 5.92 Å². The summed E-state index contributed by atoms with van der Waals surface area (Å²) < 4.78 is 0.